The lowest BCUT2D eigenvalue weighted by Gasteiger charge is -2.36. The van der Waals surface area contributed by atoms with E-state index in [1.165, 1.54) is 12.1 Å². The lowest BCUT2D eigenvalue weighted by atomic mass is 9.95. The van der Waals surface area contributed by atoms with Gasteiger partial charge in [0.1, 0.15) is 5.82 Å². The number of benzene rings is 1. The number of halogens is 1. The summed E-state index contributed by atoms with van der Waals surface area (Å²) in [5.74, 6) is -0.434. The fourth-order valence-electron chi connectivity index (χ4n) is 2.58. The maximum atomic E-state index is 13.0. The van der Waals surface area contributed by atoms with Gasteiger partial charge in [0.2, 0.25) is 0 Å². The van der Waals surface area contributed by atoms with Gasteiger partial charge < -0.3 is 10.0 Å². The van der Waals surface area contributed by atoms with Gasteiger partial charge >= 0.3 is 0 Å². The summed E-state index contributed by atoms with van der Waals surface area (Å²) in [4.78, 5) is 14.0. The third-order valence-corrected chi connectivity index (χ3v) is 3.56. The van der Waals surface area contributed by atoms with Gasteiger partial charge in [0.15, 0.2) is 5.78 Å². The molecule has 3 nitrogen and oxygen atoms in total. The Labute approximate surface area is 113 Å². The second-order valence-electron chi connectivity index (χ2n) is 5.56. The van der Waals surface area contributed by atoms with E-state index in [4.69, 9.17) is 0 Å². The van der Waals surface area contributed by atoms with Gasteiger partial charge in [0.25, 0.3) is 0 Å². The maximum absolute atomic E-state index is 13.0. The van der Waals surface area contributed by atoms with Crippen LogP contribution in [0, 0.1) is 5.82 Å². The van der Waals surface area contributed by atoms with Crippen molar-refractivity contribution in [3.8, 4) is 0 Å². The van der Waals surface area contributed by atoms with E-state index >= 15 is 0 Å². The molecule has 1 heterocycles. The van der Waals surface area contributed by atoms with E-state index in [1.54, 1.807) is 12.1 Å². The predicted molar refractivity (Wildman–Crippen MR) is 71.6 cm³/mol. The minimum Gasteiger partial charge on any atom is -0.389 e. The predicted octanol–water partition coefficient (Wildman–Crippen LogP) is 2.25. The summed E-state index contributed by atoms with van der Waals surface area (Å²) in [6.07, 6.45) is 2.11. The Hall–Kier alpha value is -1.26. The van der Waals surface area contributed by atoms with Gasteiger partial charge in [0.05, 0.1) is 5.60 Å². The van der Waals surface area contributed by atoms with Crippen molar-refractivity contribution in [2.24, 2.45) is 0 Å². The topological polar surface area (TPSA) is 40.5 Å². The van der Waals surface area contributed by atoms with E-state index in [0.717, 1.165) is 19.4 Å². The first-order valence-electron chi connectivity index (χ1n) is 6.70. The molecule has 1 aromatic carbocycles. The first kappa shape index (κ1) is 14.2. The van der Waals surface area contributed by atoms with Crippen molar-refractivity contribution >= 4 is 5.78 Å². The number of piperidine rings is 1. The summed E-state index contributed by atoms with van der Waals surface area (Å²) >= 11 is 0. The molecule has 1 saturated heterocycles. The number of ketones is 1. The van der Waals surface area contributed by atoms with Crippen LogP contribution in [-0.4, -0.2) is 41.0 Å². The van der Waals surface area contributed by atoms with Gasteiger partial charge in [-0.15, -0.1) is 0 Å². The molecule has 0 aliphatic carbocycles. The summed E-state index contributed by atoms with van der Waals surface area (Å²) in [6, 6.07) is 5.79. The van der Waals surface area contributed by atoms with Gasteiger partial charge in [-0.3, -0.25) is 4.79 Å². The first-order chi connectivity index (χ1) is 8.96. The minimum absolute atomic E-state index is 0.0512. The number of β-amino-alcohol motifs (C(OH)–C–C–N with tert-alkyl or cyclic N) is 1. The number of rotatable bonds is 4. The van der Waals surface area contributed by atoms with E-state index < -0.39 is 5.60 Å². The molecule has 19 heavy (non-hydrogen) atoms. The Morgan fingerprint density at radius 1 is 1.53 bits per heavy atom. The summed E-state index contributed by atoms with van der Waals surface area (Å²) < 4.78 is 13.0. The average molecular weight is 265 g/mol. The van der Waals surface area contributed by atoms with E-state index in [9.17, 15) is 14.3 Å². The van der Waals surface area contributed by atoms with E-state index in [-0.39, 0.29) is 11.6 Å². The highest BCUT2D eigenvalue weighted by Gasteiger charge is 2.28. The monoisotopic (exact) mass is 265 g/mol. The summed E-state index contributed by atoms with van der Waals surface area (Å²) in [5.41, 5.74) is -0.232. The fraction of sp³-hybridized carbons (Fsp3) is 0.533. The third-order valence-electron chi connectivity index (χ3n) is 3.56. The Morgan fingerprint density at radius 3 is 3.00 bits per heavy atom. The zero-order chi connectivity index (χ0) is 13.9. The molecule has 0 aromatic heterocycles. The Kier molecular flexibility index (Phi) is 4.32. The second-order valence-corrected chi connectivity index (χ2v) is 5.56. The molecule has 1 N–H and O–H groups in total. The maximum Gasteiger partial charge on any atom is 0.164 e. The molecule has 1 aliphatic heterocycles. The van der Waals surface area contributed by atoms with Crippen LogP contribution in [0.4, 0.5) is 4.39 Å². The van der Waals surface area contributed by atoms with Crippen LogP contribution >= 0.6 is 0 Å². The van der Waals surface area contributed by atoms with Crippen molar-refractivity contribution in [2.75, 3.05) is 19.6 Å². The highest BCUT2D eigenvalue weighted by Crippen LogP contribution is 2.20. The lowest BCUT2D eigenvalue weighted by molar-refractivity contribution is -0.0153. The molecule has 0 spiro atoms. The number of likely N-dealkylation sites (tertiary alicyclic amines) is 1. The number of carbonyl (C=O) groups is 1. The van der Waals surface area contributed by atoms with Crippen LogP contribution in [0.25, 0.3) is 0 Å². The van der Waals surface area contributed by atoms with Crippen LogP contribution in [0.3, 0.4) is 0 Å². The van der Waals surface area contributed by atoms with Gasteiger partial charge in [-0.1, -0.05) is 12.1 Å². The minimum atomic E-state index is -0.653. The number of Topliss-reactive ketones (excluding diaryl/α,β-unsaturated/α-hetero) is 1. The normalized spacial score (nSPS) is 24.4. The molecule has 4 heteroatoms. The molecule has 1 atom stereocenters. The molecule has 1 unspecified atom stereocenters. The highest BCUT2D eigenvalue weighted by atomic mass is 19.1. The molecular weight excluding hydrogens is 245 g/mol. The van der Waals surface area contributed by atoms with Gasteiger partial charge in [0, 0.05) is 25.1 Å². The molecule has 1 fully saturated rings. The number of aliphatic hydroxyl groups is 1. The Morgan fingerprint density at radius 2 is 2.32 bits per heavy atom. The van der Waals surface area contributed by atoms with Crippen molar-refractivity contribution in [2.45, 2.75) is 31.8 Å². The first-order valence-corrected chi connectivity index (χ1v) is 6.70. The van der Waals surface area contributed by atoms with Crippen molar-refractivity contribution in [1.82, 2.24) is 4.90 Å². The standard InChI is InChI=1S/C15H20FNO2/c1-15(19)7-3-8-17(11-15)9-6-14(18)12-4-2-5-13(16)10-12/h2,4-5,10,19H,3,6-9,11H2,1H3. The quantitative estimate of drug-likeness (QED) is 0.849. The Bertz CT molecular complexity index is 459. The Balaban J connectivity index is 1.87. The number of nitrogens with zero attached hydrogens (tertiary/aromatic N) is 1. The molecule has 2 rings (SSSR count). The van der Waals surface area contributed by atoms with Crippen LogP contribution in [0.15, 0.2) is 24.3 Å². The number of hydrogen-bond acceptors (Lipinski definition) is 3. The molecule has 1 aliphatic rings. The largest absolute Gasteiger partial charge is 0.389 e. The zero-order valence-corrected chi connectivity index (χ0v) is 11.2. The average Bonchev–Trinajstić information content (AvgIpc) is 2.35. The third kappa shape index (κ3) is 4.11. The molecule has 0 radical (unpaired) electrons. The summed E-state index contributed by atoms with van der Waals surface area (Å²) in [6.45, 7) is 3.95. The van der Waals surface area contributed by atoms with Crippen LogP contribution in [-0.2, 0) is 0 Å². The number of carbonyl (C=O) groups excluding carboxylic acids is 1. The SMILES string of the molecule is CC1(O)CCCN(CCC(=O)c2cccc(F)c2)C1. The highest BCUT2D eigenvalue weighted by molar-refractivity contribution is 5.96. The summed E-state index contributed by atoms with van der Waals surface area (Å²) in [5, 5.41) is 9.99. The summed E-state index contributed by atoms with van der Waals surface area (Å²) in [7, 11) is 0. The molecular formula is C15H20FNO2. The van der Waals surface area contributed by atoms with Crippen LogP contribution in [0.2, 0.25) is 0 Å². The molecule has 104 valence electrons. The van der Waals surface area contributed by atoms with E-state index in [2.05, 4.69) is 4.90 Å². The van der Waals surface area contributed by atoms with Crippen LogP contribution < -0.4 is 0 Å². The van der Waals surface area contributed by atoms with Gasteiger partial charge in [-0.25, -0.2) is 4.39 Å². The van der Waals surface area contributed by atoms with Gasteiger partial charge in [-0.2, -0.15) is 0 Å². The number of hydrogen-bond donors (Lipinski definition) is 1. The smallest absolute Gasteiger partial charge is 0.164 e. The van der Waals surface area contributed by atoms with Crippen molar-refractivity contribution in [1.29, 1.82) is 0 Å². The van der Waals surface area contributed by atoms with Crippen molar-refractivity contribution < 1.29 is 14.3 Å². The van der Waals surface area contributed by atoms with E-state index in [0.29, 0.717) is 25.1 Å². The van der Waals surface area contributed by atoms with Crippen molar-refractivity contribution in [3.63, 3.8) is 0 Å². The molecule has 0 saturated carbocycles. The molecule has 0 amide bonds. The molecule has 1 aromatic rings. The van der Waals surface area contributed by atoms with Crippen molar-refractivity contribution in [3.05, 3.63) is 35.6 Å². The fourth-order valence-corrected chi connectivity index (χ4v) is 2.58. The van der Waals surface area contributed by atoms with Crippen LogP contribution in [0.5, 0.6) is 0 Å². The second kappa shape index (κ2) is 5.80. The zero-order valence-electron chi connectivity index (χ0n) is 11.2. The lowest BCUT2D eigenvalue weighted by Crippen LogP contribution is -2.46. The van der Waals surface area contributed by atoms with E-state index in [1.807, 2.05) is 6.92 Å². The molecule has 0 bridgehead atoms. The van der Waals surface area contributed by atoms with Crippen LogP contribution in [0.1, 0.15) is 36.5 Å². The van der Waals surface area contributed by atoms with Gasteiger partial charge in [-0.05, 0) is 38.4 Å².